The molecule has 0 saturated carbocycles. The number of carbonyl (C=O) groups is 2. The van der Waals surface area contributed by atoms with Gasteiger partial charge in [-0.2, -0.15) is 13.2 Å². The Hall–Kier alpha value is -1.61. The van der Waals surface area contributed by atoms with Gasteiger partial charge in [0.1, 0.15) is 0 Å². The van der Waals surface area contributed by atoms with Crippen molar-refractivity contribution < 1.29 is 27.6 Å². The van der Waals surface area contributed by atoms with E-state index in [4.69, 9.17) is 0 Å². The van der Waals surface area contributed by atoms with Crippen LogP contribution >= 0.6 is 15.9 Å². The zero-order valence-corrected chi connectivity index (χ0v) is 11.5. The first-order chi connectivity index (χ1) is 9.28. The van der Waals surface area contributed by atoms with Crippen LogP contribution in [0.15, 0.2) is 28.7 Å². The van der Waals surface area contributed by atoms with E-state index in [1.807, 2.05) is 0 Å². The lowest BCUT2D eigenvalue weighted by molar-refractivity contribution is -0.191. The first kappa shape index (κ1) is 16.4. The summed E-state index contributed by atoms with van der Waals surface area (Å²) in [6, 6.07) is 6.33. The van der Waals surface area contributed by atoms with Crippen LogP contribution in [0, 0.1) is 0 Å². The molecule has 2 N–H and O–H groups in total. The fourth-order valence-electron chi connectivity index (χ4n) is 1.10. The SMILES string of the molecule is O=C(CNC(=O)c1ccc(Br)cc1)NOCC(F)(F)F. The van der Waals surface area contributed by atoms with Crippen LogP contribution in [0.2, 0.25) is 0 Å². The molecule has 9 heteroatoms. The van der Waals surface area contributed by atoms with E-state index in [2.05, 4.69) is 26.1 Å². The summed E-state index contributed by atoms with van der Waals surface area (Å²) < 4.78 is 36.0. The zero-order valence-electron chi connectivity index (χ0n) is 9.96. The van der Waals surface area contributed by atoms with Crippen molar-refractivity contribution in [3.8, 4) is 0 Å². The van der Waals surface area contributed by atoms with E-state index >= 15 is 0 Å². The molecule has 5 nitrogen and oxygen atoms in total. The predicted octanol–water partition coefficient (Wildman–Crippen LogP) is 1.79. The van der Waals surface area contributed by atoms with Crippen molar-refractivity contribution in [2.45, 2.75) is 6.18 Å². The first-order valence-corrected chi connectivity index (χ1v) is 6.08. The molecule has 0 fully saturated rings. The molecule has 1 aromatic rings. The van der Waals surface area contributed by atoms with Crippen molar-refractivity contribution in [3.05, 3.63) is 34.3 Å². The summed E-state index contributed by atoms with van der Waals surface area (Å²) in [5.74, 6) is -1.41. The highest BCUT2D eigenvalue weighted by molar-refractivity contribution is 9.10. The van der Waals surface area contributed by atoms with Crippen LogP contribution in [0.1, 0.15) is 10.4 Å². The smallest absolute Gasteiger partial charge is 0.343 e. The lowest BCUT2D eigenvalue weighted by Crippen LogP contribution is -2.38. The quantitative estimate of drug-likeness (QED) is 0.792. The number of hydrogen-bond donors (Lipinski definition) is 2. The number of benzene rings is 1. The minimum atomic E-state index is -4.53. The van der Waals surface area contributed by atoms with Gasteiger partial charge in [-0.25, -0.2) is 5.48 Å². The Bertz CT molecular complexity index is 477. The van der Waals surface area contributed by atoms with Gasteiger partial charge in [-0.3, -0.25) is 14.4 Å². The van der Waals surface area contributed by atoms with Crippen molar-refractivity contribution in [2.24, 2.45) is 0 Å². The van der Waals surface area contributed by atoms with Crippen LogP contribution in [0.4, 0.5) is 13.2 Å². The molecule has 0 unspecified atom stereocenters. The third kappa shape index (κ3) is 6.53. The van der Waals surface area contributed by atoms with Crippen LogP contribution in [-0.2, 0) is 9.63 Å². The minimum Gasteiger partial charge on any atom is -0.343 e. The monoisotopic (exact) mass is 354 g/mol. The Morgan fingerprint density at radius 3 is 2.35 bits per heavy atom. The van der Waals surface area contributed by atoms with E-state index in [1.54, 1.807) is 17.6 Å². The lowest BCUT2D eigenvalue weighted by atomic mass is 10.2. The van der Waals surface area contributed by atoms with Gasteiger partial charge in [0.25, 0.3) is 11.8 Å². The second kappa shape index (κ2) is 7.25. The summed E-state index contributed by atoms with van der Waals surface area (Å²) in [5, 5.41) is 2.24. The highest BCUT2D eigenvalue weighted by Gasteiger charge is 2.28. The Morgan fingerprint density at radius 2 is 1.80 bits per heavy atom. The van der Waals surface area contributed by atoms with Crippen molar-refractivity contribution in [3.63, 3.8) is 0 Å². The number of nitrogens with one attached hydrogen (secondary N) is 2. The van der Waals surface area contributed by atoms with E-state index < -0.39 is 31.1 Å². The van der Waals surface area contributed by atoms with Gasteiger partial charge >= 0.3 is 6.18 Å². The predicted molar refractivity (Wildman–Crippen MR) is 66.6 cm³/mol. The molecule has 1 rings (SSSR count). The average Bonchev–Trinajstić information content (AvgIpc) is 2.35. The molecule has 0 bridgehead atoms. The normalized spacial score (nSPS) is 11.0. The zero-order chi connectivity index (χ0) is 15.2. The summed E-state index contributed by atoms with van der Waals surface area (Å²) in [6.45, 7) is -2.09. The second-order valence-corrected chi connectivity index (χ2v) is 4.53. The lowest BCUT2D eigenvalue weighted by Gasteiger charge is -2.09. The molecule has 0 aliphatic rings. The van der Waals surface area contributed by atoms with Crippen molar-refractivity contribution in [1.29, 1.82) is 0 Å². The Morgan fingerprint density at radius 1 is 1.20 bits per heavy atom. The number of halogens is 4. The van der Waals surface area contributed by atoms with Gasteiger partial charge in [0.05, 0.1) is 6.54 Å². The van der Waals surface area contributed by atoms with Gasteiger partial charge in [-0.05, 0) is 24.3 Å². The third-order valence-corrected chi connectivity index (χ3v) is 2.47. The standard InChI is InChI=1S/C11H10BrF3N2O3/c12-8-3-1-7(2-4-8)10(19)16-5-9(18)17-20-6-11(13,14)15/h1-4H,5-6H2,(H,16,19)(H,17,18). The van der Waals surface area contributed by atoms with Gasteiger partial charge in [0.15, 0.2) is 6.61 Å². The highest BCUT2D eigenvalue weighted by atomic mass is 79.9. The molecule has 20 heavy (non-hydrogen) atoms. The molecule has 0 aliphatic heterocycles. The molecule has 0 saturated heterocycles. The van der Waals surface area contributed by atoms with Crippen LogP contribution in [-0.4, -0.2) is 31.1 Å². The van der Waals surface area contributed by atoms with Gasteiger partial charge in [0.2, 0.25) is 0 Å². The van der Waals surface area contributed by atoms with Gasteiger partial charge < -0.3 is 5.32 Å². The van der Waals surface area contributed by atoms with E-state index in [0.717, 1.165) is 4.47 Å². The van der Waals surface area contributed by atoms with E-state index in [0.29, 0.717) is 5.56 Å². The number of alkyl halides is 3. The topological polar surface area (TPSA) is 67.4 Å². The molecular formula is C11H10BrF3N2O3. The first-order valence-electron chi connectivity index (χ1n) is 5.29. The summed E-state index contributed by atoms with van der Waals surface area (Å²) >= 11 is 3.20. The van der Waals surface area contributed by atoms with Gasteiger partial charge in [0, 0.05) is 10.0 Å². The van der Waals surface area contributed by atoms with Crippen molar-refractivity contribution >= 4 is 27.7 Å². The fourth-order valence-corrected chi connectivity index (χ4v) is 1.36. The Labute approximate surface area is 120 Å². The molecular weight excluding hydrogens is 345 g/mol. The molecule has 2 amide bonds. The molecule has 0 aliphatic carbocycles. The number of hydrogen-bond acceptors (Lipinski definition) is 3. The summed E-state index contributed by atoms with van der Waals surface area (Å²) in [5.41, 5.74) is 1.89. The van der Waals surface area contributed by atoms with E-state index in [9.17, 15) is 22.8 Å². The van der Waals surface area contributed by atoms with Gasteiger partial charge in [-0.15, -0.1) is 0 Å². The molecule has 0 heterocycles. The van der Waals surface area contributed by atoms with Crippen LogP contribution in [0.5, 0.6) is 0 Å². The van der Waals surface area contributed by atoms with E-state index in [1.165, 1.54) is 12.1 Å². The minimum absolute atomic E-state index is 0.317. The van der Waals surface area contributed by atoms with Crippen LogP contribution in [0.25, 0.3) is 0 Å². The van der Waals surface area contributed by atoms with E-state index in [-0.39, 0.29) is 0 Å². The maximum atomic E-state index is 11.7. The van der Waals surface area contributed by atoms with Crippen LogP contribution < -0.4 is 10.8 Å². The molecule has 0 atom stereocenters. The van der Waals surface area contributed by atoms with Crippen LogP contribution in [0.3, 0.4) is 0 Å². The number of carbonyl (C=O) groups excluding carboxylic acids is 2. The number of rotatable bonds is 5. The second-order valence-electron chi connectivity index (χ2n) is 3.62. The van der Waals surface area contributed by atoms with Crippen molar-refractivity contribution in [2.75, 3.05) is 13.2 Å². The molecule has 1 aromatic carbocycles. The Balaban J connectivity index is 2.30. The summed E-state index contributed by atoms with van der Waals surface area (Å²) in [7, 11) is 0. The molecule has 0 spiro atoms. The number of hydroxylamine groups is 1. The Kier molecular flexibility index (Phi) is 5.96. The van der Waals surface area contributed by atoms with Gasteiger partial charge in [-0.1, -0.05) is 15.9 Å². The molecule has 110 valence electrons. The third-order valence-electron chi connectivity index (χ3n) is 1.94. The molecule has 0 aromatic heterocycles. The average molecular weight is 355 g/mol. The summed E-state index contributed by atoms with van der Waals surface area (Å²) in [6.07, 6.45) is -4.53. The molecule has 0 radical (unpaired) electrons. The number of amides is 2. The summed E-state index contributed by atoms with van der Waals surface area (Å²) in [4.78, 5) is 26.6. The maximum absolute atomic E-state index is 11.7. The largest absolute Gasteiger partial charge is 0.414 e. The highest BCUT2D eigenvalue weighted by Crippen LogP contribution is 2.13. The maximum Gasteiger partial charge on any atom is 0.414 e. The fraction of sp³-hybridized carbons (Fsp3) is 0.273. The van der Waals surface area contributed by atoms with Crippen molar-refractivity contribution in [1.82, 2.24) is 10.8 Å².